The van der Waals surface area contributed by atoms with Crippen LogP contribution in [0.2, 0.25) is 0 Å². The third kappa shape index (κ3) is 2.68. The van der Waals surface area contributed by atoms with E-state index in [9.17, 15) is 0 Å². The summed E-state index contributed by atoms with van der Waals surface area (Å²) in [5, 5.41) is 20.9. The highest BCUT2D eigenvalue weighted by molar-refractivity contribution is 5.99. The van der Waals surface area contributed by atoms with E-state index in [1.54, 1.807) is 24.5 Å². The van der Waals surface area contributed by atoms with Gasteiger partial charge < -0.3 is 10.1 Å². The average Bonchev–Trinajstić information content (AvgIpc) is 3.08. The van der Waals surface area contributed by atoms with Crippen LogP contribution in [0.3, 0.4) is 0 Å². The summed E-state index contributed by atoms with van der Waals surface area (Å²) in [6.07, 6.45) is 5.28. The minimum atomic E-state index is 0.331. The molecule has 0 saturated carbocycles. The van der Waals surface area contributed by atoms with E-state index >= 15 is 0 Å². The Morgan fingerprint density at radius 3 is 2.88 bits per heavy atom. The fourth-order valence-corrected chi connectivity index (χ4v) is 2.93. The van der Waals surface area contributed by atoms with Crippen LogP contribution in [-0.2, 0) is 4.74 Å². The van der Waals surface area contributed by atoms with Gasteiger partial charge in [-0.3, -0.25) is 10.1 Å². The molecule has 1 fully saturated rings. The van der Waals surface area contributed by atoms with Crippen molar-refractivity contribution in [2.75, 3.05) is 18.5 Å². The van der Waals surface area contributed by atoms with Gasteiger partial charge in [-0.15, -0.1) is 0 Å². The highest BCUT2D eigenvalue weighted by atomic mass is 16.5. The Morgan fingerprint density at radius 2 is 2.04 bits per heavy atom. The van der Waals surface area contributed by atoms with E-state index in [4.69, 9.17) is 10.00 Å². The lowest BCUT2D eigenvalue weighted by Crippen LogP contribution is -2.28. The summed E-state index contributed by atoms with van der Waals surface area (Å²) >= 11 is 0. The Hall–Kier alpha value is -2.98. The fourth-order valence-electron chi connectivity index (χ4n) is 2.93. The lowest BCUT2D eigenvalue weighted by atomic mass is 10.1. The van der Waals surface area contributed by atoms with Crippen molar-refractivity contribution in [3.05, 3.63) is 36.2 Å². The van der Waals surface area contributed by atoms with Gasteiger partial charge in [-0.05, 0) is 31.0 Å². The summed E-state index contributed by atoms with van der Waals surface area (Å²) in [6.45, 7) is 1.52. The van der Waals surface area contributed by atoms with Crippen molar-refractivity contribution in [2.24, 2.45) is 0 Å². The number of aromatic nitrogens is 4. The third-order valence-electron chi connectivity index (χ3n) is 4.17. The zero-order valence-electron chi connectivity index (χ0n) is 13.0. The summed E-state index contributed by atoms with van der Waals surface area (Å²) in [4.78, 5) is 8.86. The number of aromatic amines is 1. The molecule has 3 aromatic heterocycles. The van der Waals surface area contributed by atoms with Gasteiger partial charge in [0.1, 0.15) is 11.5 Å². The van der Waals surface area contributed by atoms with Crippen molar-refractivity contribution >= 4 is 16.7 Å². The molecule has 120 valence electrons. The van der Waals surface area contributed by atoms with Gasteiger partial charge in [0, 0.05) is 31.6 Å². The number of anilines is 1. The maximum Gasteiger partial charge on any atom is 0.137 e. The maximum atomic E-state index is 9.10. The van der Waals surface area contributed by atoms with E-state index < -0.39 is 0 Å². The zero-order valence-corrected chi connectivity index (χ0v) is 13.0. The van der Waals surface area contributed by atoms with Crippen LogP contribution in [0.25, 0.3) is 22.3 Å². The SMILES string of the molecule is N#Cc1ccnc(-c2n[nH]c3ccnc(NC4CCOCC4)c23)c1. The first-order valence-corrected chi connectivity index (χ1v) is 7.89. The number of nitrogens with one attached hydrogen (secondary N) is 2. The van der Waals surface area contributed by atoms with Gasteiger partial charge >= 0.3 is 0 Å². The van der Waals surface area contributed by atoms with Gasteiger partial charge in [0.15, 0.2) is 0 Å². The molecular formula is C17H16N6O. The molecule has 4 heterocycles. The number of H-pyrrole nitrogens is 1. The Kier molecular flexibility index (Phi) is 3.81. The Balaban J connectivity index is 1.77. The first-order valence-electron chi connectivity index (χ1n) is 7.89. The number of pyridine rings is 2. The van der Waals surface area contributed by atoms with Gasteiger partial charge in [-0.25, -0.2) is 4.98 Å². The highest BCUT2D eigenvalue weighted by Gasteiger charge is 2.19. The van der Waals surface area contributed by atoms with E-state index in [1.165, 1.54) is 0 Å². The summed E-state index contributed by atoms with van der Waals surface area (Å²) in [6, 6.07) is 7.77. The van der Waals surface area contributed by atoms with E-state index in [0.29, 0.717) is 23.0 Å². The van der Waals surface area contributed by atoms with Crippen LogP contribution in [0, 0.1) is 11.3 Å². The molecular weight excluding hydrogens is 304 g/mol. The topological polar surface area (TPSA) is 99.5 Å². The number of hydrogen-bond donors (Lipinski definition) is 2. The molecule has 0 atom stereocenters. The molecule has 1 aliphatic heterocycles. The molecule has 3 aromatic rings. The second-order valence-corrected chi connectivity index (χ2v) is 5.73. The van der Waals surface area contributed by atoms with Crippen molar-refractivity contribution in [3.8, 4) is 17.5 Å². The second kappa shape index (κ2) is 6.26. The van der Waals surface area contributed by atoms with E-state index in [0.717, 1.165) is 42.8 Å². The minimum Gasteiger partial charge on any atom is -0.381 e. The van der Waals surface area contributed by atoms with Crippen molar-refractivity contribution in [1.82, 2.24) is 20.2 Å². The number of nitrogens with zero attached hydrogens (tertiary/aromatic N) is 4. The van der Waals surface area contributed by atoms with Crippen molar-refractivity contribution in [1.29, 1.82) is 5.26 Å². The first-order chi connectivity index (χ1) is 11.8. The van der Waals surface area contributed by atoms with Gasteiger partial charge in [-0.1, -0.05) is 0 Å². The van der Waals surface area contributed by atoms with Crippen molar-refractivity contribution in [2.45, 2.75) is 18.9 Å². The van der Waals surface area contributed by atoms with Crippen LogP contribution in [0.15, 0.2) is 30.6 Å². The Bertz CT molecular complexity index is 907. The van der Waals surface area contributed by atoms with E-state index in [2.05, 4.69) is 31.6 Å². The standard InChI is InChI=1S/C17H16N6O/c18-10-11-1-5-19-14(9-11)16-15-13(22-23-16)2-6-20-17(15)21-12-3-7-24-8-4-12/h1-2,5-6,9,12H,3-4,7-8H2,(H,20,21)(H,22,23). The number of ether oxygens (including phenoxy) is 1. The largest absolute Gasteiger partial charge is 0.381 e. The predicted octanol–water partition coefficient (Wildman–Crippen LogP) is 2.48. The Morgan fingerprint density at radius 1 is 1.21 bits per heavy atom. The van der Waals surface area contributed by atoms with Crippen LogP contribution < -0.4 is 5.32 Å². The van der Waals surface area contributed by atoms with Crippen LogP contribution in [0.4, 0.5) is 5.82 Å². The monoisotopic (exact) mass is 320 g/mol. The molecule has 1 aliphatic rings. The lowest BCUT2D eigenvalue weighted by Gasteiger charge is -2.23. The summed E-state index contributed by atoms with van der Waals surface area (Å²) in [7, 11) is 0. The molecule has 0 unspecified atom stereocenters. The molecule has 2 N–H and O–H groups in total. The Labute approximate surface area is 138 Å². The fraction of sp³-hybridized carbons (Fsp3) is 0.294. The highest BCUT2D eigenvalue weighted by Crippen LogP contribution is 2.31. The second-order valence-electron chi connectivity index (χ2n) is 5.73. The van der Waals surface area contributed by atoms with Crippen molar-refractivity contribution < 1.29 is 4.74 Å². The van der Waals surface area contributed by atoms with Crippen LogP contribution in [0.5, 0.6) is 0 Å². The molecule has 0 spiro atoms. The summed E-state index contributed by atoms with van der Waals surface area (Å²) in [5.74, 6) is 0.785. The number of fused-ring (bicyclic) bond motifs is 1. The predicted molar refractivity (Wildman–Crippen MR) is 89.3 cm³/mol. The normalized spacial score (nSPS) is 15.3. The number of hydrogen-bond acceptors (Lipinski definition) is 6. The van der Waals surface area contributed by atoms with Crippen LogP contribution >= 0.6 is 0 Å². The third-order valence-corrected chi connectivity index (χ3v) is 4.17. The molecule has 0 aromatic carbocycles. The minimum absolute atomic E-state index is 0.331. The van der Waals surface area contributed by atoms with E-state index in [1.807, 2.05) is 6.07 Å². The van der Waals surface area contributed by atoms with Crippen LogP contribution in [0.1, 0.15) is 18.4 Å². The quantitative estimate of drug-likeness (QED) is 0.769. The maximum absolute atomic E-state index is 9.10. The first kappa shape index (κ1) is 14.6. The number of rotatable bonds is 3. The van der Waals surface area contributed by atoms with Crippen LogP contribution in [-0.4, -0.2) is 39.4 Å². The van der Waals surface area contributed by atoms with Gasteiger partial charge in [0.05, 0.1) is 28.2 Å². The number of nitriles is 1. The van der Waals surface area contributed by atoms with Crippen molar-refractivity contribution in [3.63, 3.8) is 0 Å². The average molecular weight is 320 g/mol. The lowest BCUT2D eigenvalue weighted by molar-refractivity contribution is 0.0904. The molecule has 7 nitrogen and oxygen atoms in total. The van der Waals surface area contributed by atoms with E-state index in [-0.39, 0.29) is 0 Å². The zero-order chi connectivity index (χ0) is 16.4. The molecule has 1 saturated heterocycles. The molecule has 0 bridgehead atoms. The molecule has 24 heavy (non-hydrogen) atoms. The smallest absolute Gasteiger partial charge is 0.137 e. The summed E-state index contributed by atoms with van der Waals surface area (Å²) < 4.78 is 5.41. The molecule has 0 amide bonds. The molecule has 0 aliphatic carbocycles. The summed E-state index contributed by atoms with van der Waals surface area (Å²) in [5.41, 5.74) is 2.80. The van der Waals surface area contributed by atoms with Gasteiger partial charge in [0.2, 0.25) is 0 Å². The molecule has 7 heteroatoms. The molecule has 4 rings (SSSR count). The van der Waals surface area contributed by atoms with Gasteiger partial charge in [0.25, 0.3) is 0 Å². The molecule has 0 radical (unpaired) electrons. The van der Waals surface area contributed by atoms with Gasteiger partial charge in [-0.2, -0.15) is 10.4 Å².